The molecule has 1 aromatic carbocycles. The van der Waals surface area contributed by atoms with Crippen LogP contribution in [-0.4, -0.2) is 65.3 Å². The number of nitrogens with zero attached hydrogens (tertiary/aromatic N) is 1. The Morgan fingerprint density at radius 2 is 2.05 bits per heavy atom. The summed E-state index contributed by atoms with van der Waals surface area (Å²) in [5.74, 6) is -0.660. The van der Waals surface area contributed by atoms with E-state index in [1.165, 1.54) is 7.11 Å². The molecule has 0 radical (unpaired) electrons. The number of hydrogen-bond donors (Lipinski definition) is 2. The molecule has 0 bridgehead atoms. The number of β-amino-alcohol motifs (C(OH)–C–C–N with tert-alkyl or cyclic N) is 1. The van der Waals surface area contributed by atoms with Crippen molar-refractivity contribution in [3.8, 4) is 0 Å². The first kappa shape index (κ1) is 15.6. The summed E-state index contributed by atoms with van der Waals surface area (Å²) < 4.78 is 4.70. The predicted molar refractivity (Wildman–Crippen MR) is 74.8 cm³/mol. The van der Waals surface area contributed by atoms with Gasteiger partial charge in [0.1, 0.15) is 11.6 Å². The highest BCUT2D eigenvalue weighted by Gasteiger charge is 2.46. The van der Waals surface area contributed by atoms with E-state index in [2.05, 4.69) is 0 Å². The maximum Gasteiger partial charge on any atom is 0.323 e. The van der Waals surface area contributed by atoms with Crippen molar-refractivity contribution >= 4 is 11.8 Å². The summed E-state index contributed by atoms with van der Waals surface area (Å²) in [4.78, 5) is 25.5. The highest BCUT2D eigenvalue weighted by molar-refractivity contribution is 5.97. The zero-order valence-electron chi connectivity index (χ0n) is 11.9. The van der Waals surface area contributed by atoms with Gasteiger partial charge in [-0.2, -0.15) is 0 Å². The van der Waals surface area contributed by atoms with Gasteiger partial charge in [-0.15, -0.1) is 0 Å². The van der Waals surface area contributed by atoms with Crippen LogP contribution in [0, 0.1) is 0 Å². The van der Waals surface area contributed by atoms with Crippen LogP contribution in [0.3, 0.4) is 0 Å². The van der Waals surface area contributed by atoms with Gasteiger partial charge in [0, 0.05) is 18.5 Å². The summed E-state index contributed by atoms with van der Waals surface area (Å²) >= 11 is 0. The second-order valence-electron chi connectivity index (χ2n) is 5.32. The lowest BCUT2D eigenvalue weighted by Gasteiger charge is -2.21. The molecule has 1 unspecified atom stereocenters. The molecule has 2 atom stereocenters. The minimum absolute atomic E-state index is 0.00785. The molecule has 0 saturated carbocycles. The Morgan fingerprint density at radius 1 is 1.38 bits per heavy atom. The Balaban J connectivity index is 2.13. The van der Waals surface area contributed by atoms with E-state index in [1.807, 2.05) is 6.07 Å². The number of aliphatic hydroxyl groups excluding tert-OH is 1. The fraction of sp³-hybridized carbons (Fsp3) is 0.467. The molecule has 0 aliphatic carbocycles. The monoisotopic (exact) mass is 293 g/mol. The van der Waals surface area contributed by atoms with Crippen LogP contribution in [-0.2, 0) is 9.53 Å². The van der Waals surface area contributed by atoms with E-state index in [4.69, 9.17) is 4.74 Å². The Bertz CT molecular complexity index is 518. The second kappa shape index (κ2) is 6.34. The number of esters is 1. The quantitative estimate of drug-likeness (QED) is 0.579. The standard InChI is InChI=1S/C15H19NO5/c1-21-14(19)12-7-15(20,10-17)9-16(12)8-13(18)11-5-3-2-4-6-11/h2-6,12,17,20H,7-10H2,1H3/t12-,15?/m0/s1. The molecule has 0 amide bonds. The van der Waals surface area contributed by atoms with Gasteiger partial charge in [0.2, 0.25) is 0 Å². The molecule has 1 aliphatic rings. The number of ketones is 1. The molecule has 1 heterocycles. The van der Waals surface area contributed by atoms with Crippen molar-refractivity contribution in [3.63, 3.8) is 0 Å². The maximum absolute atomic E-state index is 12.2. The van der Waals surface area contributed by atoms with Gasteiger partial charge in [-0.25, -0.2) is 0 Å². The summed E-state index contributed by atoms with van der Waals surface area (Å²) in [5.41, 5.74) is -0.837. The van der Waals surface area contributed by atoms with Crippen molar-refractivity contribution in [3.05, 3.63) is 35.9 Å². The van der Waals surface area contributed by atoms with E-state index in [9.17, 15) is 19.8 Å². The van der Waals surface area contributed by atoms with E-state index in [0.717, 1.165) is 0 Å². The van der Waals surface area contributed by atoms with Crippen molar-refractivity contribution in [1.29, 1.82) is 0 Å². The summed E-state index contributed by atoms with van der Waals surface area (Å²) in [6.45, 7) is -0.412. The smallest absolute Gasteiger partial charge is 0.323 e. The van der Waals surface area contributed by atoms with Crippen LogP contribution in [0.2, 0.25) is 0 Å². The van der Waals surface area contributed by atoms with Crippen molar-refractivity contribution in [2.24, 2.45) is 0 Å². The molecule has 21 heavy (non-hydrogen) atoms. The van der Waals surface area contributed by atoms with Gasteiger partial charge in [0.15, 0.2) is 5.78 Å². The Hall–Kier alpha value is -1.76. The number of hydrogen-bond acceptors (Lipinski definition) is 6. The summed E-state index contributed by atoms with van der Waals surface area (Å²) in [6.07, 6.45) is 0.0538. The number of methoxy groups -OCH3 is 1. The molecule has 1 saturated heterocycles. The predicted octanol–water partition coefficient (Wildman–Crippen LogP) is -0.160. The molecule has 6 heteroatoms. The molecule has 2 N–H and O–H groups in total. The van der Waals surface area contributed by atoms with E-state index in [1.54, 1.807) is 29.2 Å². The average Bonchev–Trinajstić information content (AvgIpc) is 2.85. The number of likely N-dealkylation sites (tertiary alicyclic amines) is 1. The molecule has 114 valence electrons. The van der Waals surface area contributed by atoms with Gasteiger partial charge >= 0.3 is 5.97 Å². The number of rotatable bonds is 5. The highest BCUT2D eigenvalue weighted by Crippen LogP contribution is 2.27. The number of Topliss-reactive ketones (excluding diaryl/α,β-unsaturated/α-hetero) is 1. The largest absolute Gasteiger partial charge is 0.468 e. The van der Waals surface area contributed by atoms with Crippen LogP contribution in [0.4, 0.5) is 0 Å². The zero-order chi connectivity index (χ0) is 15.5. The third-order valence-corrected chi connectivity index (χ3v) is 3.72. The number of benzene rings is 1. The third-order valence-electron chi connectivity index (χ3n) is 3.72. The van der Waals surface area contributed by atoms with Crippen molar-refractivity contribution < 1.29 is 24.5 Å². The van der Waals surface area contributed by atoms with Crippen LogP contribution < -0.4 is 0 Å². The van der Waals surface area contributed by atoms with Crippen LogP contribution in [0.15, 0.2) is 30.3 Å². The normalized spacial score (nSPS) is 25.8. The zero-order valence-corrected chi connectivity index (χ0v) is 11.9. The van der Waals surface area contributed by atoms with Crippen LogP contribution >= 0.6 is 0 Å². The number of carbonyl (C=O) groups excluding carboxylic acids is 2. The lowest BCUT2D eigenvalue weighted by atomic mass is 10.0. The molecule has 1 aromatic rings. The van der Waals surface area contributed by atoms with Crippen LogP contribution in [0.5, 0.6) is 0 Å². The maximum atomic E-state index is 12.2. The number of aliphatic hydroxyl groups is 2. The van der Waals surface area contributed by atoms with Gasteiger partial charge in [-0.05, 0) is 0 Å². The molecule has 2 rings (SSSR count). The van der Waals surface area contributed by atoms with Gasteiger partial charge in [0.05, 0.1) is 20.3 Å². The number of ether oxygens (including phenoxy) is 1. The topological polar surface area (TPSA) is 87.1 Å². The minimum atomic E-state index is -1.38. The van der Waals surface area contributed by atoms with E-state index in [-0.39, 0.29) is 25.3 Å². The SMILES string of the molecule is COC(=O)[C@@H]1CC(O)(CO)CN1CC(=O)c1ccccc1. The molecule has 1 fully saturated rings. The fourth-order valence-electron chi connectivity index (χ4n) is 2.59. The number of carbonyl (C=O) groups is 2. The lowest BCUT2D eigenvalue weighted by Crippen LogP contribution is -2.41. The van der Waals surface area contributed by atoms with Crippen molar-refractivity contribution in [1.82, 2.24) is 4.90 Å². The Kier molecular flexibility index (Phi) is 4.72. The fourth-order valence-corrected chi connectivity index (χ4v) is 2.59. The van der Waals surface area contributed by atoms with E-state index in [0.29, 0.717) is 5.56 Å². The van der Waals surface area contributed by atoms with Crippen LogP contribution in [0.25, 0.3) is 0 Å². The molecule has 1 aliphatic heterocycles. The summed E-state index contributed by atoms with van der Waals surface area (Å²) in [5, 5.41) is 19.4. The lowest BCUT2D eigenvalue weighted by molar-refractivity contribution is -0.145. The Labute approximate surface area is 122 Å². The van der Waals surface area contributed by atoms with Gasteiger partial charge in [-0.1, -0.05) is 30.3 Å². The average molecular weight is 293 g/mol. The van der Waals surface area contributed by atoms with Crippen LogP contribution in [0.1, 0.15) is 16.8 Å². The molecule has 0 spiro atoms. The van der Waals surface area contributed by atoms with Gasteiger partial charge in [-0.3, -0.25) is 14.5 Å². The van der Waals surface area contributed by atoms with Crippen molar-refractivity contribution in [2.45, 2.75) is 18.1 Å². The van der Waals surface area contributed by atoms with E-state index < -0.39 is 24.2 Å². The third kappa shape index (κ3) is 3.47. The highest BCUT2D eigenvalue weighted by atomic mass is 16.5. The first-order valence-electron chi connectivity index (χ1n) is 6.72. The Morgan fingerprint density at radius 3 is 2.62 bits per heavy atom. The summed E-state index contributed by atoms with van der Waals surface area (Å²) in [7, 11) is 1.26. The van der Waals surface area contributed by atoms with E-state index >= 15 is 0 Å². The molecule has 6 nitrogen and oxygen atoms in total. The van der Waals surface area contributed by atoms with Crippen molar-refractivity contribution in [2.75, 3.05) is 26.8 Å². The van der Waals surface area contributed by atoms with Gasteiger partial charge in [0.25, 0.3) is 0 Å². The molecular weight excluding hydrogens is 274 g/mol. The summed E-state index contributed by atoms with van der Waals surface area (Å²) in [6, 6.07) is 8.01. The van der Waals surface area contributed by atoms with Gasteiger partial charge < -0.3 is 14.9 Å². The first-order chi connectivity index (χ1) is 9.99. The molecular formula is C15H19NO5. The molecule has 0 aromatic heterocycles. The first-order valence-corrected chi connectivity index (χ1v) is 6.72. The minimum Gasteiger partial charge on any atom is -0.468 e. The second-order valence-corrected chi connectivity index (χ2v) is 5.32.